The fraction of sp³-hybridized carbons (Fsp3) is 0.190. The molecule has 0 spiro atoms. The van der Waals surface area contributed by atoms with Gasteiger partial charge >= 0.3 is 0 Å². The highest BCUT2D eigenvalue weighted by molar-refractivity contribution is 7.99. The maximum Gasteiger partial charge on any atom is 0.234 e. The highest BCUT2D eigenvalue weighted by Gasteiger charge is 2.18. The molecule has 0 aliphatic carbocycles. The standard InChI is InChI=1S/C21H19ClN4O2S2/c1-13-9-14(2)19(16(22)10-13)23-18(27)12-30-21-25-24-20(17-6-4-8-29-17)26(21)11-15-5-3-7-28-15/h3-10H,11-12H2,1-2H3,(H,23,27). The van der Waals surface area contributed by atoms with Crippen LogP contribution in [0.3, 0.4) is 0 Å². The van der Waals surface area contributed by atoms with Gasteiger partial charge in [0.05, 0.1) is 34.1 Å². The van der Waals surface area contributed by atoms with Crippen LogP contribution in [0.4, 0.5) is 5.69 Å². The molecule has 3 aromatic heterocycles. The molecule has 154 valence electrons. The van der Waals surface area contributed by atoms with Crippen LogP contribution in [0.2, 0.25) is 5.02 Å². The number of anilines is 1. The number of thioether (sulfide) groups is 1. The van der Waals surface area contributed by atoms with E-state index in [0.29, 0.717) is 22.4 Å². The summed E-state index contributed by atoms with van der Waals surface area (Å²) in [7, 11) is 0. The Morgan fingerprint density at radius 2 is 2.13 bits per heavy atom. The first-order valence-corrected chi connectivity index (χ1v) is 11.4. The van der Waals surface area contributed by atoms with Crippen molar-refractivity contribution in [1.82, 2.24) is 14.8 Å². The molecule has 0 saturated heterocycles. The van der Waals surface area contributed by atoms with E-state index in [4.69, 9.17) is 16.0 Å². The zero-order valence-corrected chi connectivity index (χ0v) is 18.8. The van der Waals surface area contributed by atoms with Gasteiger partial charge in [0.2, 0.25) is 5.91 Å². The van der Waals surface area contributed by atoms with Crippen molar-refractivity contribution in [2.45, 2.75) is 25.5 Å². The summed E-state index contributed by atoms with van der Waals surface area (Å²) in [5.41, 5.74) is 2.63. The molecule has 0 aliphatic rings. The number of hydrogen-bond acceptors (Lipinski definition) is 6. The van der Waals surface area contributed by atoms with Crippen molar-refractivity contribution in [3.63, 3.8) is 0 Å². The first kappa shape index (κ1) is 20.7. The van der Waals surface area contributed by atoms with Crippen molar-refractivity contribution in [2.24, 2.45) is 0 Å². The zero-order valence-electron chi connectivity index (χ0n) is 16.4. The van der Waals surface area contributed by atoms with E-state index in [9.17, 15) is 4.79 Å². The number of thiophene rings is 1. The van der Waals surface area contributed by atoms with E-state index >= 15 is 0 Å². The van der Waals surface area contributed by atoms with Gasteiger partial charge in [-0.25, -0.2) is 0 Å². The third-order valence-electron chi connectivity index (χ3n) is 4.38. The fourth-order valence-electron chi connectivity index (χ4n) is 3.06. The highest BCUT2D eigenvalue weighted by Crippen LogP contribution is 2.30. The van der Waals surface area contributed by atoms with E-state index in [1.165, 1.54) is 11.8 Å². The number of halogens is 1. The minimum atomic E-state index is -0.154. The highest BCUT2D eigenvalue weighted by atomic mass is 35.5. The molecule has 1 aromatic carbocycles. The number of benzene rings is 1. The Hall–Kier alpha value is -2.55. The number of carbonyl (C=O) groups excluding carboxylic acids is 1. The van der Waals surface area contributed by atoms with Crippen molar-refractivity contribution < 1.29 is 9.21 Å². The molecule has 1 amide bonds. The quantitative estimate of drug-likeness (QED) is 0.362. The molecule has 30 heavy (non-hydrogen) atoms. The van der Waals surface area contributed by atoms with Crippen LogP contribution in [0, 0.1) is 13.8 Å². The molecule has 4 aromatic rings. The van der Waals surface area contributed by atoms with Gasteiger partial charge in [-0.1, -0.05) is 35.5 Å². The number of aromatic nitrogens is 3. The predicted octanol–water partition coefficient (Wildman–Crippen LogP) is 5.65. The van der Waals surface area contributed by atoms with Gasteiger partial charge in [-0.15, -0.1) is 21.5 Å². The Bertz CT molecular complexity index is 1130. The van der Waals surface area contributed by atoms with E-state index in [0.717, 1.165) is 27.6 Å². The first-order valence-electron chi connectivity index (χ1n) is 9.20. The number of aryl methyl sites for hydroxylation is 2. The lowest BCUT2D eigenvalue weighted by Gasteiger charge is -2.12. The Morgan fingerprint density at radius 3 is 2.83 bits per heavy atom. The number of amides is 1. The van der Waals surface area contributed by atoms with Crippen LogP contribution in [-0.4, -0.2) is 26.4 Å². The average molecular weight is 459 g/mol. The number of nitrogens with one attached hydrogen (secondary N) is 1. The van der Waals surface area contributed by atoms with Crippen LogP contribution in [-0.2, 0) is 11.3 Å². The monoisotopic (exact) mass is 458 g/mol. The third kappa shape index (κ3) is 4.61. The zero-order chi connectivity index (χ0) is 21.1. The molecule has 0 aliphatic heterocycles. The molecule has 0 fully saturated rings. The summed E-state index contributed by atoms with van der Waals surface area (Å²) in [5.74, 6) is 1.58. The Labute approximate surface area is 187 Å². The molecule has 0 unspecified atom stereocenters. The van der Waals surface area contributed by atoms with E-state index < -0.39 is 0 Å². The minimum Gasteiger partial charge on any atom is -0.467 e. The lowest BCUT2D eigenvalue weighted by molar-refractivity contribution is -0.113. The van der Waals surface area contributed by atoms with Crippen LogP contribution in [0.25, 0.3) is 10.7 Å². The Kier molecular flexibility index (Phi) is 6.26. The molecule has 1 N–H and O–H groups in total. The molecule has 3 heterocycles. The maximum atomic E-state index is 12.6. The lowest BCUT2D eigenvalue weighted by atomic mass is 10.1. The number of rotatable bonds is 7. The van der Waals surface area contributed by atoms with Crippen molar-refractivity contribution in [2.75, 3.05) is 11.1 Å². The molecule has 0 saturated carbocycles. The smallest absolute Gasteiger partial charge is 0.234 e. The van der Waals surface area contributed by atoms with Crippen molar-refractivity contribution in [1.29, 1.82) is 0 Å². The predicted molar refractivity (Wildman–Crippen MR) is 121 cm³/mol. The second-order valence-electron chi connectivity index (χ2n) is 6.72. The fourth-order valence-corrected chi connectivity index (χ4v) is 4.89. The third-order valence-corrected chi connectivity index (χ3v) is 6.51. The summed E-state index contributed by atoms with van der Waals surface area (Å²) in [6.07, 6.45) is 1.64. The van der Waals surface area contributed by atoms with Crippen LogP contribution in [0.15, 0.2) is 57.6 Å². The lowest BCUT2D eigenvalue weighted by Crippen LogP contribution is -2.16. The van der Waals surface area contributed by atoms with Crippen molar-refractivity contribution >= 4 is 46.3 Å². The van der Waals surface area contributed by atoms with Crippen molar-refractivity contribution in [3.05, 3.63) is 70.0 Å². The van der Waals surface area contributed by atoms with Gasteiger partial charge in [-0.2, -0.15) is 0 Å². The molecule has 9 heteroatoms. The summed E-state index contributed by atoms with van der Waals surface area (Å²) < 4.78 is 7.46. The Balaban J connectivity index is 1.51. The molecular formula is C21H19ClN4O2S2. The number of furan rings is 1. The van der Waals surface area contributed by atoms with Crippen LogP contribution >= 0.6 is 34.7 Å². The average Bonchev–Trinajstić information content (AvgIpc) is 3.45. The molecule has 0 atom stereocenters. The van der Waals surface area contributed by atoms with Gasteiger partial charge < -0.3 is 9.73 Å². The Morgan fingerprint density at radius 1 is 1.27 bits per heavy atom. The van der Waals surface area contributed by atoms with E-state index in [-0.39, 0.29) is 11.7 Å². The number of hydrogen-bond donors (Lipinski definition) is 1. The van der Waals surface area contributed by atoms with Crippen LogP contribution < -0.4 is 5.32 Å². The normalized spacial score (nSPS) is 11.0. The van der Waals surface area contributed by atoms with Crippen LogP contribution in [0.1, 0.15) is 16.9 Å². The van der Waals surface area contributed by atoms with E-state index in [1.807, 2.05) is 60.2 Å². The second-order valence-corrected chi connectivity index (χ2v) is 9.02. The van der Waals surface area contributed by atoms with E-state index in [1.54, 1.807) is 17.6 Å². The largest absolute Gasteiger partial charge is 0.467 e. The SMILES string of the molecule is Cc1cc(C)c(NC(=O)CSc2nnc(-c3cccs3)n2Cc2ccco2)c(Cl)c1. The molecule has 4 rings (SSSR count). The van der Waals surface area contributed by atoms with Crippen molar-refractivity contribution in [3.8, 4) is 10.7 Å². The summed E-state index contributed by atoms with van der Waals surface area (Å²) in [5, 5.41) is 14.7. The van der Waals surface area contributed by atoms with Gasteiger partial charge in [0.25, 0.3) is 0 Å². The summed E-state index contributed by atoms with van der Waals surface area (Å²) >= 11 is 9.22. The second kappa shape index (κ2) is 9.07. The van der Waals surface area contributed by atoms with Gasteiger partial charge in [0, 0.05) is 0 Å². The van der Waals surface area contributed by atoms with E-state index in [2.05, 4.69) is 15.5 Å². The summed E-state index contributed by atoms with van der Waals surface area (Å²) in [6, 6.07) is 11.5. The topological polar surface area (TPSA) is 73.0 Å². The number of carbonyl (C=O) groups is 1. The number of nitrogens with zero attached hydrogens (tertiary/aromatic N) is 3. The molecular weight excluding hydrogens is 440 g/mol. The van der Waals surface area contributed by atoms with Gasteiger partial charge in [-0.05, 0) is 54.6 Å². The first-order chi connectivity index (χ1) is 14.5. The van der Waals surface area contributed by atoms with Gasteiger partial charge in [0.1, 0.15) is 5.76 Å². The van der Waals surface area contributed by atoms with Crippen LogP contribution in [0.5, 0.6) is 0 Å². The van der Waals surface area contributed by atoms with Gasteiger partial charge in [-0.3, -0.25) is 9.36 Å². The minimum absolute atomic E-state index is 0.154. The van der Waals surface area contributed by atoms with Gasteiger partial charge in [0.15, 0.2) is 11.0 Å². The maximum absolute atomic E-state index is 12.6. The summed E-state index contributed by atoms with van der Waals surface area (Å²) in [6.45, 7) is 4.38. The summed E-state index contributed by atoms with van der Waals surface area (Å²) in [4.78, 5) is 13.6. The molecule has 0 bridgehead atoms. The molecule has 6 nitrogen and oxygen atoms in total. The molecule has 0 radical (unpaired) electrons.